The van der Waals surface area contributed by atoms with Crippen LogP contribution in [0.2, 0.25) is 0 Å². The Morgan fingerprint density at radius 1 is 1.26 bits per heavy atom. The fourth-order valence-electron chi connectivity index (χ4n) is 2.46. The lowest BCUT2D eigenvalue weighted by atomic mass is 10.2. The summed E-state index contributed by atoms with van der Waals surface area (Å²) >= 11 is 0. The van der Waals surface area contributed by atoms with Crippen LogP contribution < -0.4 is 5.32 Å². The molecular formula is C15H30N4. The Labute approximate surface area is 118 Å². The fraction of sp³-hybridized carbons (Fsp3) is 0.800. The van der Waals surface area contributed by atoms with Gasteiger partial charge in [0, 0.05) is 44.5 Å². The number of nitrogens with zero attached hydrogens (tertiary/aromatic N) is 3. The molecule has 0 saturated carbocycles. The zero-order valence-electron chi connectivity index (χ0n) is 13.2. The number of hydrogen-bond donors (Lipinski definition) is 1. The number of hydrogen-bond acceptors (Lipinski definition) is 3. The third-order valence-electron chi connectivity index (χ3n) is 3.42. The van der Waals surface area contributed by atoms with Crippen LogP contribution in [0.5, 0.6) is 0 Å². The zero-order valence-corrected chi connectivity index (χ0v) is 13.2. The van der Waals surface area contributed by atoms with Crippen LogP contribution in [0.1, 0.15) is 46.7 Å². The summed E-state index contributed by atoms with van der Waals surface area (Å²) in [5, 5.41) is 7.87. The van der Waals surface area contributed by atoms with E-state index in [0.717, 1.165) is 32.6 Å². The average Bonchev–Trinajstić information content (AvgIpc) is 2.76. The minimum Gasteiger partial charge on any atom is -0.310 e. The molecule has 0 bridgehead atoms. The summed E-state index contributed by atoms with van der Waals surface area (Å²) in [7, 11) is 0. The van der Waals surface area contributed by atoms with E-state index >= 15 is 0 Å². The number of aryl methyl sites for hydroxylation is 1. The first-order chi connectivity index (χ1) is 9.06. The molecule has 1 heterocycles. The minimum atomic E-state index is 0.604. The molecule has 1 aromatic heterocycles. The lowest BCUT2D eigenvalue weighted by Gasteiger charge is -2.30. The molecule has 0 saturated heterocycles. The minimum absolute atomic E-state index is 0.604. The van der Waals surface area contributed by atoms with Gasteiger partial charge in [-0.25, -0.2) is 0 Å². The van der Waals surface area contributed by atoms with Crippen molar-refractivity contribution in [3.63, 3.8) is 0 Å². The molecule has 1 rings (SSSR count). The molecule has 0 radical (unpaired) electrons. The van der Waals surface area contributed by atoms with Crippen molar-refractivity contribution >= 4 is 0 Å². The summed E-state index contributed by atoms with van der Waals surface area (Å²) in [6.07, 6.45) is 3.02. The van der Waals surface area contributed by atoms with Crippen LogP contribution in [0.3, 0.4) is 0 Å². The number of aromatic nitrogens is 2. The Morgan fingerprint density at radius 3 is 2.53 bits per heavy atom. The van der Waals surface area contributed by atoms with Gasteiger partial charge in [-0.2, -0.15) is 5.10 Å². The lowest BCUT2D eigenvalue weighted by molar-refractivity contribution is 0.175. The highest BCUT2D eigenvalue weighted by Crippen LogP contribution is 2.04. The Kier molecular flexibility index (Phi) is 7.10. The third-order valence-corrected chi connectivity index (χ3v) is 3.42. The lowest BCUT2D eigenvalue weighted by Crippen LogP contribution is -2.41. The monoisotopic (exact) mass is 266 g/mol. The van der Waals surface area contributed by atoms with Gasteiger partial charge in [-0.1, -0.05) is 6.92 Å². The van der Waals surface area contributed by atoms with Crippen LogP contribution in [-0.4, -0.2) is 39.9 Å². The molecule has 110 valence electrons. The summed E-state index contributed by atoms with van der Waals surface area (Å²) in [4.78, 5) is 2.51. The molecule has 0 unspecified atom stereocenters. The van der Waals surface area contributed by atoms with Crippen molar-refractivity contribution in [3.05, 3.63) is 18.0 Å². The SMILES string of the molecule is CCCn1nccc1CNCCN(C(C)C)C(C)C. The molecule has 0 atom stereocenters. The van der Waals surface area contributed by atoms with Crippen LogP contribution in [0.4, 0.5) is 0 Å². The molecule has 4 heteroatoms. The normalized spacial score (nSPS) is 12.0. The van der Waals surface area contributed by atoms with Gasteiger partial charge in [0.25, 0.3) is 0 Å². The van der Waals surface area contributed by atoms with Crippen LogP contribution in [0, 0.1) is 0 Å². The smallest absolute Gasteiger partial charge is 0.0522 e. The highest BCUT2D eigenvalue weighted by Gasteiger charge is 2.12. The summed E-state index contributed by atoms with van der Waals surface area (Å²) < 4.78 is 2.09. The maximum absolute atomic E-state index is 4.34. The van der Waals surface area contributed by atoms with E-state index in [0.29, 0.717) is 12.1 Å². The quantitative estimate of drug-likeness (QED) is 0.697. The van der Waals surface area contributed by atoms with Crippen molar-refractivity contribution in [2.24, 2.45) is 0 Å². The summed E-state index contributed by atoms with van der Waals surface area (Å²) in [6.45, 7) is 15.3. The van der Waals surface area contributed by atoms with E-state index in [1.165, 1.54) is 5.69 Å². The van der Waals surface area contributed by atoms with Gasteiger partial charge in [-0.15, -0.1) is 0 Å². The molecule has 0 aliphatic rings. The maximum atomic E-state index is 4.34. The third kappa shape index (κ3) is 5.33. The summed E-state index contributed by atoms with van der Waals surface area (Å²) in [5.41, 5.74) is 1.28. The van der Waals surface area contributed by atoms with Crippen molar-refractivity contribution < 1.29 is 0 Å². The van der Waals surface area contributed by atoms with Crippen LogP contribution >= 0.6 is 0 Å². The Morgan fingerprint density at radius 2 is 1.95 bits per heavy atom. The van der Waals surface area contributed by atoms with Crippen molar-refractivity contribution in [2.45, 2.75) is 66.2 Å². The second-order valence-corrected chi connectivity index (χ2v) is 5.65. The topological polar surface area (TPSA) is 33.1 Å². The first-order valence-corrected chi connectivity index (χ1v) is 7.53. The van der Waals surface area contributed by atoms with Gasteiger partial charge in [0.1, 0.15) is 0 Å². The van der Waals surface area contributed by atoms with E-state index in [9.17, 15) is 0 Å². The molecule has 0 spiro atoms. The molecule has 4 nitrogen and oxygen atoms in total. The maximum Gasteiger partial charge on any atom is 0.0522 e. The van der Waals surface area contributed by atoms with Crippen molar-refractivity contribution in [1.82, 2.24) is 20.0 Å². The second-order valence-electron chi connectivity index (χ2n) is 5.65. The predicted molar refractivity (Wildman–Crippen MR) is 81.2 cm³/mol. The van der Waals surface area contributed by atoms with Gasteiger partial charge in [0.15, 0.2) is 0 Å². The molecule has 19 heavy (non-hydrogen) atoms. The second kappa shape index (κ2) is 8.33. The van der Waals surface area contributed by atoms with E-state index < -0.39 is 0 Å². The van der Waals surface area contributed by atoms with E-state index in [2.05, 4.69) is 60.7 Å². The van der Waals surface area contributed by atoms with Gasteiger partial charge in [0.05, 0.1) is 5.69 Å². The Balaban J connectivity index is 2.31. The summed E-state index contributed by atoms with van der Waals surface area (Å²) in [5.74, 6) is 0. The van der Waals surface area contributed by atoms with Crippen LogP contribution in [-0.2, 0) is 13.1 Å². The van der Waals surface area contributed by atoms with Crippen molar-refractivity contribution in [1.29, 1.82) is 0 Å². The highest BCUT2D eigenvalue weighted by atomic mass is 15.3. The molecule has 0 amide bonds. The van der Waals surface area contributed by atoms with Gasteiger partial charge in [-0.05, 0) is 40.2 Å². The molecule has 1 N–H and O–H groups in total. The van der Waals surface area contributed by atoms with E-state index in [-0.39, 0.29) is 0 Å². The first-order valence-electron chi connectivity index (χ1n) is 7.53. The predicted octanol–water partition coefficient (Wildman–Crippen LogP) is 2.50. The Hall–Kier alpha value is -0.870. The average molecular weight is 266 g/mol. The number of nitrogens with one attached hydrogen (secondary N) is 1. The Bertz CT molecular complexity index is 336. The largest absolute Gasteiger partial charge is 0.310 e. The van der Waals surface area contributed by atoms with Crippen LogP contribution in [0.15, 0.2) is 12.3 Å². The molecule has 0 aliphatic carbocycles. The molecule has 0 aromatic carbocycles. The fourth-order valence-corrected chi connectivity index (χ4v) is 2.46. The van der Waals surface area contributed by atoms with Gasteiger partial charge >= 0.3 is 0 Å². The van der Waals surface area contributed by atoms with Crippen molar-refractivity contribution in [2.75, 3.05) is 13.1 Å². The van der Waals surface area contributed by atoms with Gasteiger partial charge in [0.2, 0.25) is 0 Å². The molecular weight excluding hydrogens is 236 g/mol. The first kappa shape index (κ1) is 16.2. The number of rotatable bonds is 9. The van der Waals surface area contributed by atoms with E-state index in [1.807, 2.05) is 6.20 Å². The standard InChI is InChI=1S/C15H30N4/c1-6-10-19-15(7-8-17-19)12-16-9-11-18(13(2)3)14(4)5/h7-8,13-14,16H,6,9-12H2,1-5H3. The van der Waals surface area contributed by atoms with Crippen molar-refractivity contribution in [3.8, 4) is 0 Å². The van der Waals surface area contributed by atoms with Crippen LogP contribution in [0.25, 0.3) is 0 Å². The van der Waals surface area contributed by atoms with E-state index in [1.54, 1.807) is 0 Å². The molecule has 0 fully saturated rings. The van der Waals surface area contributed by atoms with Gasteiger partial charge in [-0.3, -0.25) is 9.58 Å². The molecule has 1 aromatic rings. The molecule has 0 aliphatic heterocycles. The van der Waals surface area contributed by atoms with E-state index in [4.69, 9.17) is 0 Å². The van der Waals surface area contributed by atoms with Gasteiger partial charge < -0.3 is 5.32 Å². The summed E-state index contributed by atoms with van der Waals surface area (Å²) in [6, 6.07) is 3.31. The highest BCUT2D eigenvalue weighted by molar-refractivity contribution is 4.99. The zero-order chi connectivity index (χ0) is 14.3.